The van der Waals surface area contributed by atoms with Crippen molar-refractivity contribution in [1.82, 2.24) is 4.98 Å². The van der Waals surface area contributed by atoms with Crippen LogP contribution in [-0.2, 0) is 0 Å². The maximum absolute atomic E-state index is 12.8. The number of carbonyl (C=O) groups excluding carboxylic acids is 1. The van der Waals surface area contributed by atoms with E-state index in [0.29, 0.717) is 5.69 Å². The molecule has 0 unspecified atom stereocenters. The van der Waals surface area contributed by atoms with Gasteiger partial charge in [-0.15, -0.1) is 0 Å². The van der Waals surface area contributed by atoms with Crippen LogP contribution in [0, 0.1) is 5.95 Å². The van der Waals surface area contributed by atoms with Crippen LogP contribution in [0.2, 0.25) is 0 Å². The van der Waals surface area contributed by atoms with Gasteiger partial charge >= 0.3 is 0 Å². The predicted octanol–water partition coefficient (Wildman–Crippen LogP) is 1.64. The molecule has 0 saturated carbocycles. The van der Waals surface area contributed by atoms with E-state index < -0.39 is 11.9 Å². The fourth-order valence-corrected chi connectivity index (χ4v) is 1.45. The monoisotopic (exact) mass is 246 g/mol. The normalized spacial score (nSPS) is 10.1. The van der Waals surface area contributed by atoms with Gasteiger partial charge in [0.05, 0.1) is 5.56 Å². The summed E-state index contributed by atoms with van der Waals surface area (Å²) < 4.78 is 12.8. The maximum atomic E-state index is 12.8. The Balaban J connectivity index is 2.22. The van der Waals surface area contributed by atoms with Gasteiger partial charge in [-0.2, -0.15) is 4.39 Å². The van der Waals surface area contributed by atoms with Crippen molar-refractivity contribution in [2.45, 2.75) is 0 Å². The average Bonchev–Trinajstić information content (AvgIpc) is 2.28. The van der Waals surface area contributed by atoms with Crippen LogP contribution in [0.3, 0.4) is 0 Å². The predicted molar refractivity (Wildman–Crippen MR) is 67.4 cm³/mol. The Hall–Kier alpha value is -2.63. The van der Waals surface area contributed by atoms with Crippen LogP contribution in [0.15, 0.2) is 36.4 Å². The molecule has 0 bridgehead atoms. The summed E-state index contributed by atoms with van der Waals surface area (Å²) in [7, 11) is 0. The second-order valence-corrected chi connectivity index (χ2v) is 3.65. The number of aromatic nitrogens is 1. The Bertz CT molecular complexity index is 600. The van der Waals surface area contributed by atoms with Gasteiger partial charge in [-0.3, -0.25) is 4.79 Å². The van der Waals surface area contributed by atoms with Crippen molar-refractivity contribution in [1.29, 1.82) is 0 Å². The fourth-order valence-electron chi connectivity index (χ4n) is 1.45. The van der Waals surface area contributed by atoms with E-state index in [0.717, 1.165) is 0 Å². The molecule has 0 spiro atoms. The molecule has 2 rings (SSSR count). The summed E-state index contributed by atoms with van der Waals surface area (Å²) in [5.74, 6) is -1.01. The number of nitrogens with one attached hydrogen (secondary N) is 1. The highest BCUT2D eigenvalue weighted by atomic mass is 19.1. The number of halogens is 1. The summed E-state index contributed by atoms with van der Waals surface area (Å²) >= 11 is 0. The zero-order chi connectivity index (χ0) is 13.1. The Labute approximate surface area is 103 Å². The van der Waals surface area contributed by atoms with Crippen molar-refractivity contribution in [3.05, 3.63) is 47.9 Å². The molecule has 92 valence electrons. The lowest BCUT2D eigenvalue weighted by Gasteiger charge is -2.07. The molecule has 1 amide bonds. The Morgan fingerprint density at radius 2 is 2.00 bits per heavy atom. The Morgan fingerprint density at radius 1 is 1.22 bits per heavy atom. The molecule has 5 nitrogen and oxygen atoms in total. The molecular weight excluding hydrogens is 235 g/mol. The second-order valence-electron chi connectivity index (χ2n) is 3.65. The fraction of sp³-hybridized carbons (Fsp3) is 0. The van der Waals surface area contributed by atoms with Crippen molar-refractivity contribution in [2.24, 2.45) is 0 Å². The number of nitrogen functional groups attached to an aromatic ring is 2. The first-order valence-electron chi connectivity index (χ1n) is 5.15. The number of anilines is 3. The first-order valence-corrected chi connectivity index (χ1v) is 5.15. The number of pyridine rings is 1. The number of carbonyl (C=O) groups is 1. The van der Waals surface area contributed by atoms with Gasteiger partial charge in [0.15, 0.2) is 0 Å². The minimum atomic E-state index is -0.668. The third-order valence-corrected chi connectivity index (χ3v) is 2.28. The molecule has 0 aliphatic rings. The van der Waals surface area contributed by atoms with E-state index in [1.807, 2.05) is 0 Å². The molecule has 18 heavy (non-hydrogen) atoms. The number of hydrogen-bond acceptors (Lipinski definition) is 4. The van der Waals surface area contributed by atoms with Gasteiger partial charge in [0, 0.05) is 11.4 Å². The van der Waals surface area contributed by atoms with E-state index in [1.54, 1.807) is 6.07 Å². The topological polar surface area (TPSA) is 94.0 Å². The van der Waals surface area contributed by atoms with Gasteiger partial charge in [0.2, 0.25) is 5.95 Å². The Morgan fingerprint density at radius 3 is 2.67 bits per heavy atom. The standard InChI is InChI=1S/C12H11FN4O/c13-10-2-1-3-11(16-10)17-12(18)8-5-4-7(14)6-9(8)15/h1-6H,14-15H2,(H,16,17,18). The molecule has 6 heteroatoms. The lowest BCUT2D eigenvalue weighted by atomic mass is 10.1. The first-order chi connectivity index (χ1) is 8.56. The summed E-state index contributed by atoms with van der Waals surface area (Å²) in [6.07, 6.45) is 0. The van der Waals surface area contributed by atoms with E-state index in [1.165, 1.54) is 30.3 Å². The first kappa shape index (κ1) is 11.8. The SMILES string of the molecule is Nc1ccc(C(=O)Nc2cccc(F)n2)c(N)c1. The van der Waals surface area contributed by atoms with Gasteiger partial charge in [0.25, 0.3) is 5.91 Å². The number of hydrogen-bond donors (Lipinski definition) is 3. The van der Waals surface area contributed by atoms with E-state index >= 15 is 0 Å². The van der Waals surface area contributed by atoms with E-state index in [-0.39, 0.29) is 17.1 Å². The molecule has 0 saturated heterocycles. The quantitative estimate of drug-likeness (QED) is 0.554. The third kappa shape index (κ3) is 2.54. The van der Waals surface area contributed by atoms with Crippen LogP contribution in [-0.4, -0.2) is 10.9 Å². The van der Waals surface area contributed by atoms with Crippen LogP contribution in [0.5, 0.6) is 0 Å². The molecule has 1 aromatic carbocycles. The summed E-state index contributed by atoms with van der Waals surface area (Å²) in [5, 5.41) is 2.45. The number of rotatable bonds is 2. The molecule has 1 aromatic heterocycles. The molecule has 0 atom stereocenters. The minimum Gasteiger partial charge on any atom is -0.399 e. The van der Waals surface area contributed by atoms with Gasteiger partial charge < -0.3 is 16.8 Å². The second kappa shape index (κ2) is 4.70. The number of benzene rings is 1. The van der Waals surface area contributed by atoms with E-state index in [4.69, 9.17) is 11.5 Å². The minimum absolute atomic E-state index is 0.122. The summed E-state index contributed by atoms with van der Waals surface area (Å²) in [5.41, 5.74) is 12.2. The lowest BCUT2D eigenvalue weighted by Crippen LogP contribution is -2.15. The maximum Gasteiger partial charge on any atom is 0.258 e. The van der Waals surface area contributed by atoms with Crippen LogP contribution in [0.1, 0.15) is 10.4 Å². The number of amides is 1. The van der Waals surface area contributed by atoms with Crippen molar-refractivity contribution < 1.29 is 9.18 Å². The van der Waals surface area contributed by atoms with E-state index in [2.05, 4.69) is 10.3 Å². The van der Waals surface area contributed by atoms with E-state index in [9.17, 15) is 9.18 Å². The molecule has 0 aliphatic heterocycles. The van der Waals surface area contributed by atoms with Crippen LogP contribution in [0.25, 0.3) is 0 Å². The zero-order valence-corrected chi connectivity index (χ0v) is 9.35. The highest BCUT2D eigenvalue weighted by molar-refractivity contribution is 6.07. The van der Waals surface area contributed by atoms with Crippen LogP contribution >= 0.6 is 0 Å². The van der Waals surface area contributed by atoms with Crippen LogP contribution < -0.4 is 16.8 Å². The highest BCUT2D eigenvalue weighted by Crippen LogP contribution is 2.17. The molecule has 0 radical (unpaired) electrons. The molecular formula is C12H11FN4O. The van der Waals surface area contributed by atoms with Gasteiger partial charge in [-0.1, -0.05) is 6.07 Å². The molecule has 0 fully saturated rings. The largest absolute Gasteiger partial charge is 0.399 e. The molecule has 2 aromatic rings. The number of nitrogens with zero attached hydrogens (tertiary/aromatic N) is 1. The van der Waals surface area contributed by atoms with Crippen molar-refractivity contribution in [3.8, 4) is 0 Å². The van der Waals surface area contributed by atoms with Crippen molar-refractivity contribution >= 4 is 23.1 Å². The Kier molecular flexibility index (Phi) is 3.09. The lowest BCUT2D eigenvalue weighted by molar-refractivity contribution is 0.102. The van der Waals surface area contributed by atoms with Gasteiger partial charge in [-0.25, -0.2) is 4.98 Å². The highest BCUT2D eigenvalue weighted by Gasteiger charge is 2.10. The third-order valence-electron chi connectivity index (χ3n) is 2.28. The summed E-state index contributed by atoms with van der Waals surface area (Å²) in [6, 6.07) is 8.66. The molecule has 5 N–H and O–H groups in total. The number of nitrogens with two attached hydrogens (primary N) is 2. The van der Waals surface area contributed by atoms with Gasteiger partial charge in [-0.05, 0) is 30.3 Å². The smallest absolute Gasteiger partial charge is 0.258 e. The van der Waals surface area contributed by atoms with Crippen LogP contribution in [0.4, 0.5) is 21.6 Å². The average molecular weight is 246 g/mol. The summed E-state index contributed by atoms with van der Waals surface area (Å²) in [4.78, 5) is 15.4. The van der Waals surface area contributed by atoms with Crippen molar-refractivity contribution in [2.75, 3.05) is 16.8 Å². The zero-order valence-electron chi connectivity index (χ0n) is 9.35. The molecule has 0 aliphatic carbocycles. The molecule has 1 heterocycles. The summed E-state index contributed by atoms with van der Waals surface area (Å²) in [6.45, 7) is 0. The van der Waals surface area contributed by atoms with Gasteiger partial charge in [0.1, 0.15) is 5.82 Å². The van der Waals surface area contributed by atoms with Crippen molar-refractivity contribution in [3.63, 3.8) is 0 Å².